The Hall–Kier alpha value is -1.25. The zero-order valence-corrected chi connectivity index (χ0v) is 8.87. The number of hydrogen-bond acceptors (Lipinski definition) is 2. The van der Waals surface area contributed by atoms with Gasteiger partial charge in [0.25, 0.3) is 0 Å². The largest absolute Gasteiger partial charge is 0.469 e. The van der Waals surface area contributed by atoms with Gasteiger partial charge in [-0.05, 0) is 23.8 Å². The van der Waals surface area contributed by atoms with E-state index in [9.17, 15) is 0 Å². The molecule has 3 heteroatoms. The number of aliphatic hydroxyl groups excluding tert-OH is 1. The van der Waals surface area contributed by atoms with E-state index in [4.69, 9.17) is 21.1 Å². The van der Waals surface area contributed by atoms with Crippen molar-refractivity contribution in [1.82, 2.24) is 0 Å². The summed E-state index contributed by atoms with van der Waals surface area (Å²) >= 11 is 5.87. The Morgan fingerprint density at radius 3 is 2.73 bits per heavy atom. The molecule has 1 aromatic carbocycles. The summed E-state index contributed by atoms with van der Waals surface area (Å²) in [5, 5.41) is 9.60. The molecule has 1 N–H and O–H groups in total. The molecule has 0 atom stereocenters. The molecule has 0 aliphatic carbocycles. The van der Waals surface area contributed by atoms with E-state index in [2.05, 4.69) is 0 Å². The van der Waals surface area contributed by atoms with Crippen LogP contribution in [-0.4, -0.2) is 5.11 Å². The van der Waals surface area contributed by atoms with Gasteiger partial charge in [-0.1, -0.05) is 23.7 Å². The van der Waals surface area contributed by atoms with Gasteiger partial charge in [0.1, 0.15) is 5.76 Å². The fraction of sp³-hybridized carbons (Fsp3) is 0.167. The minimum absolute atomic E-state index is 0.0129. The van der Waals surface area contributed by atoms with Crippen LogP contribution in [0, 0.1) is 0 Å². The van der Waals surface area contributed by atoms with E-state index in [0.717, 1.165) is 21.9 Å². The predicted octanol–water partition coefficient (Wildman–Crippen LogP) is 3.02. The molecule has 0 radical (unpaired) electrons. The third kappa shape index (κ3) is 2.61. The van der Waals surface area contributed by atoms with Crippen LogP contribution in [0.4, 0.5) is 0 Å². The maximum absolute atomic E-state index is 8.88. The molecule has 0 amide bonds. The predicted molar refractivity (Wildman–Crippen MR) is 58.9 cm³/mol. The first kappa shape index (κ1) is 10.3. The first-order valence-electron chi connectivity index (χ1n) is 4.69. The van der Waals surface area contributed by atoms with Crippen LogP contribution >= 0.6 is 11.6 Å². The molecule has 0 aliphatic rings. The Morgan fingerprint density at radius 2 is 2.07 bits per heavy atom. The van der Waals surface area contributed by atoms with Crippen molar-refractivity contribution in [3.05, 3.63) is 58.5 Å². The van der Waals surface area contributed by atoms with E-state index in [0.29, 0.717) is 6.42 Å². The van der Waals surface area contributed by atoms with Crippen molar-refractivity contribution in [3.8, 4) is 0 Å². The van der Waals surface area contributed by atoms with Crippen molar-refractivity contribution in [2.75, 3.05) is 0 Å². The van der Waals surface area contributed by atoms with Crippen LogP contribution < -0.4 is 0 Å². The minimum atomic E-state index is 0.0129. The van der Waals surface area contributed by atoms with Crippen molar-refractivity contribution in [1.29, 1.82) is 0 Å². The third-order valence-corrected chi connectivity index (χ3v) is 2.39. The van der Waals surface area contributed by atoms with Crippen LogP contribution in [0.25, 0.3) is 0 Å². The first-order valence-corrected chi connectivity index (χ1v) is 5.07. The lowest BCUT2D eigenvalue weighted by molar-refractivity contribution is 0.280. The average Bonchev–Trinajstić information content (AvgIpc) is 2.65. The highest BCUT2D eigenvalue weighted by molar-refractivity contribution is 6.30. The highest BCUT2D eigenvalue weighted by atomic mass is 35.5. The molecule has 0 saturated carbocycles. The van der Waals surface area contributed by atoms with Gasteiger partial charge in [-0.3, -0.25) is 0 Å². The molecule has 0 fully saturated rings. The maximum Gasteiger partial charge on any atom is 0.108 e. The van der Waals surface area contributed by atoms with Crippen molar-refractivity contribution in [2.24, 2.45) is 0 Å². The summed E-state index contributed by atoms with van der Waals surface area (Å²) in [5.41, 5.74) is 1.90. The van der Waals surface area contributed by atoms with Crippen LogP contribution in [-0.2, 0) is 13.0 Å². The topological polar surface area (TPSA) is 33.4 Å². The van der Waals surface area contributed by atoms with Gasteiger partial charge in [-0.25, -0.2) is 0 Å². The molecule has 0 aliphatic heterocycles. The van der Waals surface area contributed by atoms with E-state index in [-0.39, 0.29) is 6.61 Å². The Kier molecular flexibility index (Phi) is 3.09. The second-order valence-electron chi connectivity index (χ2n) is 3.39. The van der Waals surface area contributed by atoms with E-state index >= 15 is 0 Å². The molecule has 0 bridgehead atoms. The molecule has 1 heterocycles. The summed E-state index contributed by atoms with van der Waals surface area (Å²) in [7, 11) is 0. The van der Waals surface area contributed by atoms with Crippen molar-refractivity contribution in [2.45, 2.75) is 13.0 Å². The molecule has 78 valence electrons. The molecular weight excluding hydrogens is 212 g/mol. The van der Waals surface area contributed by atoms with Gasteiger partial charge < -0.3 is 9.52 Å². The van der Waals surface area contributed by atoms with Crippen molar-refractivity contribution >= 4 is 11.6 Å². The van der Waals surface area contributed by atoms with Gasteiger partial charge in [0.15, 0.2) is 0 Å². The van der Waals surface area contributed by atoms with Gasteiger partial charge in [-0.15, -0.1) is 0 Å². The Labute approximate surface area is 93.1 Å². The smallest absolute Gasteiger partial charge is 0.108 e. The highest BCUT2D eigenvalue weighted by Crippen LogP contribution is 2.16. The lowest BCUT2D eigenvalue weighted by atomic mass is 10.1. The zero-order chi connectivity index (χ0) is 10.7. The zero-order valence-electron chi connectivity index (χ0n) is 8.11. The number of benzene rings is 1. The van der Waals surface area contributed by atoms with Gasteiger partial charge in [0.2, 0.25) is 0 Å². The maximum atomic E-state index is 8.88. The summed E-state index contributed by atoms with van der Waals surface area (Å²) in [6, 6.07) is 9.50. The molecule has 0 unspecified atom stereocenters. The molecule has 0 spiro atoms. The fourth-order valence-corrected chi connectivity index (χ4v) is 1.66. The van der Waals surface area contributed by atoms with E-state index in [1.54, 1.807) is 6.26 Å². The third-order valence-electron chi connectivity index (χ3n) is 2.16. The lowest BCUT2D eigenvalue weighted by Crippen LogP contribution is -1.85. The molecule has 1 aromatic heterocycles. The lowest BCUT2D eigenvalue weighted by Gasteiger charge is -1.98. The summed E-state index contributed by atoms with van der Waals surface area (Å²) in [6.45, 7) is 0.0129. The normalized spacial score (nSPS) is 10.5. The monoisotopic (exact) mass is 222 g/mol. The summed E-state index contributed by atoms with van der Waals surface area (Å²) in [5.74, 6) is 0.835. The second-order valence-corrected chi connectivity index (χ2v) is 3.82. The molecule has 15 heavy (non-hydrogen) atoms. The summed E-state index contributed by atoms with van der Waals surface area (Å²) in [6.07, 6.45) is 2.26. The Balaban J connectivity index is 2.14. The van der Waals surface area contributed by atoms with E-state index in [1.165, 1.54) is 0 Å². The van der Waals surface area contributed by atoms with Crippen molar-refractivity contribution in [3.63, 3.8) is 0 Å². The van der Waals surface area contributed by atoms with Crippen LogP contribution in [0.3, 0.4) is 0 Å². The molecule has 0 saturated heterocycles. The standard InChI is InChI=1S/C12H11ClO2/c13-11-3-1-2-9(4-11)5-12-6-10(7-14)8-15-12/h1-4,6,8,14H,5,7H2. The number of rotatable bonds is 3. The second kappa shape index (κ2) is 4.51. The summed E-state index contributed by atoms with van der Waals surface area (Å²) in [4.78, 5) is 0. The Bertz CT molecular complexity index is 448. The molecule has 2 rings (SSSR count). The number of halogens is 1. The average molecular weight is 223 g/mol. The van der Waals surface area contributed by atoms with Gasteiger partial charge in [-0.2, -0.15) is 0 Å². The molecule has 2 aromatic rings. The van der Waals surface area contributed by atoms with Crippen LogP contribution in [0.1, 0.15) is 16.9 Å². The molecular formula is C12H11ClO2. The quantitative estimate of drug-likeness (QED) is 0.866. The molecule has 2 nitrogen and oxygen atoms in total. The number of hydrogen-bond donors (Lipinski definition) is 1. The minimum Gasteiger partial charge on any atom is -0.469 e. The van der Waals surface area contributed by atoms with Gasteiger partial charge >= 0.3 is 0 Å². The van der Waals surface area contributed by atoms with Crippen LogP contribution in [0.15, 0.2) is 41.0 Å². The van der Waals surface area contributed by atoms with E-state index in [1.807, 2.05) is 30.3 Å². The Morgan fingerprint density at radius 1 is 1.20 bits per heavy atom. The van der Waals surface area contributed by atoms with Crippen LogP contribution in [0.5, 0.6) is 0 Å². The van der Waals surface area contributed by atoms with Crippen LogP contribution in [0.2, 0.25) is 5.02 Å². The summed E-state index contributed by atoms with van der Waals surface area (Å²) < 4.78 is 5.30. The van der Waals surface area contributed by atoms with E-state index < -0.39 is 0 Å². The first-order chi connectivity index (χ1) is 7.28. The van der Waals surface area contributed by atoms with Crippen molar-refractivity contribution < 1.29 is 9.52 Å². The van der Waals surface area contributed by atoms with Gasteiger partial charge in [0, 0.05) is 17.0 Å². The fourth-order valence-electron chi connectivity index (χ4n) is 1.45. The number of aliphatic hydroxyl groups is 1. The number of furan rings is 1. The van der Waals surface area contributed by atoms with Gasteiger partial charge in [0.05, 0.1) is 12.9 Å². The highest BCUT2D eigenvalue weighted by Gasteiger charge is 2.02. The SMILES string of the molecule is OCc1coc(Cc2cccc(Cl)c2)c1.